The number of amides is 1. The molecule has 5 heteroatoms. The number of carbonyl (C=O) groups is 1. The van der Waals surface area contributed by atoms with Crippen molar-refractivity contribution in [2.45, 2.75) is 25.8 Å². The van der Waals surface area contributed by atoms with Crippen LogP contribution < -0.4 is 0 Å². The van der Waals surface area contributed by atoms with Crippen molar-refractivity contribution in [2.75, 3.05) is 18.1 Å². The zero-order valence-electron chi connectivity index (χ0n) is 7.77. The molecule has 1 aliphatic rings. The van der Waals surface area contributed by atoms with Gasteiger partial charge in [0.05, 0.1) is 11.5 Å². The molecule has 1 amide bonds. The molecule has 0 aromatic rings. The summed E-state index contributed by atoms with van der Waals surface area (Å²) in [4.78, 5) is 12.2. The van der Waals surface area contributed by atoms with Gasteiger partial charge in [-0.2, -0.15) is 0 Å². The Labute approximate surface area is 78.8 Å². The minimum atomic E-state index is -2.87. The molecule has 0 aliphatic carbocycles. The van der Waals surface area contributed by atoms with E-state index in [0.717, 1.165) is 12.8 Å². The highest BCUT2D eigenvalue weighted by Gasteiger charge is 2.31. The third kappa shape index (κ3) is 2.69. The number of rotatable bonds is 4. The third-order valence-corrected chi connectivity index (χ3v) is 4.04. The number of carbonyl (C=O) groups excluding carboxylic acids is 1. The van der Waals surface area contributed by atoms with Gasteiger partial charge in [-0.05, 0) is 12.8 Å². The maximum Gasteiger partial charge on any atom is 0.209 e. The van der Waals surface area contributed by atoms with Gasteiger partial charge < -0.3 is 4.90 Å². The van der Waals surface area contributed by atoms with Crippen molar-refractivity contribution in [1.29, 1.82) is 0 Å². The first-order chi connectivity index (χ1) is 6.09. The van der Waals surface area contributed by atoms with Crippen molar-refractivity contribution >= 4 is 16.2 Å². The van der Waals surface area contributed by atoms with Gasteiger partial charge in [0.15, 0.2) is 9.84 Å². The Hall–Kier alpha value is -0.580. The normalized spacial score (nSPS) is 25.8. The van der Waals surface area contributed by atoms with E-state index in [9.17, 15) is 13.2 Å². The van der Waals surface area contributed by atoms with Crippen molar-refractivity contribution < 1.29 is 13.2 Å². The first kappa shape index (κ1) is 10.5. The Morgan fingerprint density at radius 1 is 1.54 bits per heavy atom. The van der Waals surface area contributed by atoms with Crippen LogP contribution in [0.15, 0.2) is 0 Å². The number of nitrogens with zero attached hydrogens (tertiary/aromatic N) is 1. The van der Waals surface area contributed by atoms with Crippen LogP contribution in [0.5, 0.6) is 0 Å². The number of hydrogen-bond donors (Lipinski definition) is 0. The van der Waals surface area contributed by atoms with Crippen LogP contribution in [0.3, 0.4) is 0 Å². The van der Waals surface area contributed by atoms with Crippen LogP contribution >= 0.6 is 0 Å². The molecule has 13 heavy (non-hydrogen) atoms. The average molecular weight is 205 g/mol. The second-order valence-electron chi connectivity index (χ2n) is 3.40. The van der Waals surface area contributed by atoms with Crippen LogP contribution in [0.1, 0.15) is 19.8 Å². The summed E-state index contributed by atoms with van der Waals surface area (Å²) in [6.07, 6.45) is 2.23. The maximum absolute atomic E-state index is 11.1. The molecule has 4 nitrogen and oxygen atoms in total. The molecule has 0 saturated carbocycles. The van der Waals surface area contributed by atoms with E-state index in [2.05, 4.69) is 0 Å². The van der Waals surface area contributed by atoms with Crippen LogP contribution in [0.4, 0.5) is 0 Å². The standard InChI is InChI=1S/C8H15NO3S/c1-2-4-9(7-10)8-3-5-13(11,12)6-8/h7-8H,2-6H2,1H3/t8-/m1/s1. The zero-order chi connectivity index (χ0) is 9.90. The quantitative estimate of drug-likeness (QED) is 0.609. The van der Waals surface area contributed by atoms with Crippen LogP contribution in [-0.4, -0.2) is 43.8 Å². The molecular formula is C8H15NO3S. The smallest absolute Gasteiger partial charge is 0.209 e. The summed E-state index contributed by atoms with van der Waals surface area (Å²) >= 11 is 0. The lowest BCUT2D eigenvalue weighted by Gasteiger charge is -2.22. The second-order valence-corrected chi connectivity index (χ2v) is 5.63. The Kier molecular flexibility index (Phi) is 3.30. The summed E-state index contributed by atoms with van der Waals surface area (Å²) < 4.78 is 22.2. The van der Waals surface area contributed by atoms with Gasteiger partial charge in [-0.25, -0.2) is 8.42 Å². The molecule has 1 aliphatic heterocycles. The van der Waals surface area contributed by atoms with E-state index in [0.29, 0.717) is 13.0 Å². The van der Waals surface area contributed by atoms with E-state index in [1.807, 2.05) is 6.92 Å². The molecule has 0 aromatic carbocycles. The van der Waals surface area contributed by atoms with E-state index >= 15 is 0 Å². The first-order valence-electron chi connectivity index (χ1n) is 4.50. The molecule has 0 spiro atoms. The van der Waals surface area contributed by atoms with Crippen molar-refractivity contribution in [3.05, 3.63) is 0 Å². The maximum atomic E-state index is 11.1. The molecule has 1 saturated heterocycles. The van der Waals surface area contributed by atoms with Gasteiger partial charge in [-0.15, -0.1) is 0 Å². The highest BCUT2D eigenvalue weighted by molar-refractivity contribution is 7.91. The van der Waals surface area contributed by atoms with E-state index < -0.39 is 9.84 Å². The fourth-order valence-corrected chi connectivity index (χ4v) is 3.36. The van der Waals surface area contributed by atoms with E-state index in [1.165, 1.54) is 0 Å². The zero-order valence-corrected chi connectivity index (χ0v) is 8.59. The SMILES string of the molecule is CCCN(C=O)[C@@H]1CCS(=O)(=O)C1. The molecule has 0 bridgehead atoms. The van der Waals surface area contributed by atoms with Crippen molar-refractivity contribution in [3.63, 3.8) is 0 Å². The first-order valence-corrected chi connectivity index (χ1v) is 6.32. The van der Waals surface area contributed by atoms with E-state index in [1.54, 1.807) is 4.90 Å². The lowest BCUT2D eigenvalue weighted by atomic mass is 10.2. The molecule has 1 fully saturated rings. The highest BCUT2D eigenvalue weighted by atomic mass is 32.2. The molecule has 0 N–H and O–H groups in total. The van der Waals surface area contributed by atoms with E-state index in [-0.39, 0.29) is 17.5 Å². The molecule has 0 aromatic heterocycles. The molecule has 1 rings (SSSR count). The number of hydrogen-bond acceptors (Lipinski definition) is 3. The molecular weight excluding hydrogens is 190 g/mol. The summed E-state index contributed by atoms with van der Waals surface area (Å²) in [7, 11) is -2.87. The lowest BCUT2D eigenvalue weighted by Crippen LogP contribution is -2.35. The topological polar surface area (TPSA) is 54.5 Å². The monoisotopic (exact) mass is 205 g/mol. The Bertz CT molecular complexity index is 273. The summed E-state index contributed by atoms with van der Waals surface area (Å²) in [6, 6.07) is -0.0811. The largest absolute Gasteiger partial charge is 0.341 e. The van der Waals surface area contributed by atoms with Gasteiger partial charge in [0.2, 0.25) is 6.41 Å². The summed E-state index contributed by atoms with van der Waals surface area (Å²) in [6.45, 7) is 2.63. The van der Waals surface area contributed by atoms with Crippen LogP contribution in [0, 0.1) is 0 Å². The Morgan fingerprint density at radius 3 is 2.62 bits per heavy atom. The summed E-state index contributed by atoms with van der Waals surface area (Å²) in [5, 5.41) is 0. The van der Waals surface area contributed by atoms with Crippen LogP contribution in [0.2, 0.25) is 0 Å². The van der Waals surface area contributed by atoms with Gasteiger partial charge >= 0.3 is 0 Å². The summed E-state index contributed by atoms with van der Waals surface area (Å²) in [5.74, 6) is 0.372. The molecule has 0 radical (unpaired) electrons. The predicted octanol–water partition coefficient (Wildman–Crippen LogP) is 0.0419. The van der Waals surface area contributed by atoms with Crippen molar-refractivity contribution in [3.8, 4) is 0 Å². The molecule has 76 valence electrons. The van der Waals surface area contributed by atoms with Crippen molar-refractivity contribution in [2.24, 2.45) is 0 Å². The number of sulfone groups is 1. The Balaban J connectivity index is 2.57. The summed E-state index contributed by atoms with van der Waals surface area (Å²) in [5.41, 5.74) is 0. The van der Waals surface area contributed by atoms with Crippen molar-refractivity contribution in [1.82, 2.24) is 4.90 Å². The second kappa shape index (κ2) is 4.09. The fourth-order valence-electron chi connectivity index (χ4n) is 1.62. The molecule has 1 heterocycles. The van der Waals surface area contributed by atoms with Crippen LogP contribution in [0.25, 0.3) is 0 Å². The minimum Gasteiger partial charge on any atom is -0.341 e. The minimum absolute atomic E-state index is 0.0811. The van der Waals surface area contributed by atoms with Gasteiger partial charge in [0, 0.05) is 12.6 Å². The molecule has 1 atom stereocenters. The molecule has 0 unspecified atom stereocenters. The average Bonchev–Trinajstić information content (AvgIpc) is 2.42. The van der Waals surface area contributed by atoms with Gasteiger partial charge in [-0.1, -0.05) is 6.92 Å². The van der Waals surface area contributed by atoms with Gasteiger partial charge in [-0.3, -0.25) is 4.79 Å². The predicted molar refractivity (Wildman–Crippen MR) is 50.1 cm³/mol. The Morgan fingerprint density at radius 2 is 2.23 bits per heavy atom. The lowest BCUT2D eigenvalue weighted by molar-refractivity contribution is -0.119. The fraction of sp³-hybridized carbons (Fsp3) is 0.875. The van der Waals surface area contributed by atoms with E-state index in [4.69, 9.17) is 0 Å². The third-order valence-electron chi connectivity index (χ3n) is 2.29. The highest BCUT2D eigenvalue weighted by Crippen LogP contribution is 2.16. The van der Waals surface area contributed by atoms with Crippen LogP contribution in [-0.2, 0) is 14.6 Å². The van der Waals surface area contributed by atoms with Gasteiger partial charge in [0.25, 0.3) is 0 Å². The van der Waals surface area contributed by atoms with Gasteiger partial charge in [0.1, 0.15) is 0 Å².